The highest BCUT2D eigenvalue weighted by atomic mass is 32.2. The number of nitrogens with zero attached hydrogens (tertiary/aromatic N) is 3. The van der Waals surface area contributed by atoms with E-state index in [2.05, 4.69) is 20.4 Å². The van der Waals surface area contributed by atoms with Crippen molar-refractivity contribution in [3.8, 4) is 22.7 Å². The van der Waals surface area contributed by atoms with Crippen molar-refractivity contribution < 1.29 is 9.53 Å². The predicted octanol–water partition coefficient (Wildman–Crippen LogP) is 5.96. The first kappa shape index (κ1) is 23.0. The van der Waals surface area contributed by atoms with E-state index in [1.165, 1.54) is 11.8 Å². The van der Waals surface area contributed by atoms with Crippen LogP contribution in [0.3, 0.4) is 0 Å². The van der Waals surface area contributed by atoms with Gasteiger partial charge in [0, 0.05) is 23.9 Å². The number of aromatic nitrogens is 2. The molecule has 0 N–H and O–H groups in total. The second-order valence-electron chi connectivity index (χ2n) is 8.02. The topological polar surface area (TPSA) is 47.4 Å². The number of rotatable bonds is 8. The molecule has 1 fully saturated rings. The van der Waals surface area contributed by atoms with Crippen LogP contribution in [-0.4, -0.2) is 38.1 Å². The minimum absolute atomic E-state index is 0.0507. The first-order valence-electron chi connectivity index (χ1n) is 10.7. The van der Waals surface area contributed by atoms with Crippen molar-refractivity contribution in [1.82, 2.24) is 14.7 Å². The Morgan fingerprint density at radius 3 is 2.55 bits per heavy atom. The van der Waals surface area contributed by atoms with Crippen LogP contribution in [0, 0.1) is 5.92 Å². The number of benzene rings is 2. The summed E-state index contributed by atoms with van der Waals surface area (Å²) >= 11 is 6.81. The molecule has 1 aliphatic heterocycles. The molecule has 4 rings (SSSR count). The highest BCUT2D eigenvalue weighted by Gasteiger charge is 2.32. The maximum Gasteiger partial charge on any atom is 0.266 e. The Morgan fingerprint density at radius 2 is 1.88 bits per heavy atom. The lowest BCUT2D eigenvalue weighted by Crippen LogP contribution is -2.31. The summed E-state index contributed by atoms with van der Waals surface area (Å²) in [5.41, 5.74) is 3.50. The zero-order valence-corrected chi connectivity index (χ0v) is 20.2. The van der Waals surface area contributed by atoms with Crippen LogP contribution in [0.1, 0.15) is 19.4 Å². The smallest absolute Gasteiger partial charge is 0.266 e. The van der Waals surface area contributed by atoms with Crippen molar-refractivity contribution in [3.63, 3.8) is 0 Å². The Kier molecular flexibility index (Phi) is 7.11. The highest BCUT2D eigenvalue weighted by molar-refractivity contribution is 8.26. The van der Waals surface area contributed by atoms with Gasteiger partial charge in [-0.15, -0.1) is 0 Å². The molecule has 0 spiro atoms. The van der Waals surface area contributed by atoms with Crippen LogP contribution in [0.25, 0.3) is 23.0 Å². The van der Waals surface area contributed by atoms with Gasteiger partial charge in [-0.3, -0.25) is 9.69 Å². The number of hydrogen-bond donors (Lipinski definition) is 0. The number of para-hydroxylation sites is 1. The van der Waals surface area contributed by atoms with Crippen molar-refractivity contribution in [2.24, 2.45) is 5.92 Å². The minimum Gasteiger partial charge on any atom is -0.490 e. The van der Waals surface area contributed by atoms with Gasteiger partial charge < -0.3 is 4.74 Å². The molecule has 168 valence electrons. The molecule has 0 aliphatic carbocycles. The molecule has 1 saturated heterocycles. The predicted molar refractivity (Wildman–Crippen MR) is 139 cm³/mol. The number of amides is 1. The molecule has 7 heteroatoms. The lowest BCUT2D eigenvalue weighted by molar-refractivity contribution is -0.122. The molecule has 33 heavy (non-hydrogen) atoms. The van der Waals surface area contributed by atoms with E-state index in [1.807, 2.05) is 71.6 Å². The lowest BCUT2D eigenvalue weighted by atomic mass is 10.1. The average Bonchev–Trinajstić information content (AvgIpc) is 3.35. The number of thioether (sulfide) groups is 1. The van der Waals surface area contributed by atoms with Crippen molar-refractivity contribution in [2.75, 3.05) is 13.2 Å². The number of hydrogen-bond acceptors (Lipinski definition) is 5. The van der Waals surface area contributed by atoms with Gasteiger partial charge in [-0.25, -0.2) is 4.68 Å². The van der Waals surface area contributed by atoms with E-state index in [4.69, 9.17) is 22.1 Å². The minimum atomic E-state index is -0.0507. The van der Waals surface area contributed by atoms with E-state index in [1.54, 1.807) is 11.0 Å². The molecule has 2 heterocycles. The van der Waals surface area contributed by atoms with Crippen molar-refractivity contribution >= 4 is 40.3 Å². The van der Waals surface area contributed by atoms with Crippen LogP contribution < -0.4 is 4.74 Å². The summed E-state index contributed by atoms with van der Waals surface area (Å²) in [5, 5.41) is 4.84. The van der Waals surface area contributed by atoms with Crippen LogP contribution in [0.4, 0.5) is 0 Å². The second kappa shape index (κ2) is 10.2. The summed E-state index contributed by atoms with van der Waals surface area (Å²) < 4.78 is 8.03. The molecule has 0 unspecified atom stereocenters. The van der Waals surface area contributed by atoms with Gasteiger partial charge in [-0.05, 0) is 48.4 Å². The van der Waals surface area contributed by atoms with Crippen LogP contribution in [0.2, 0.25) is 0 Å². The van der Waals surface area contributed by atoms with Gasteiger partial charge in [-0.2, -0.15) is 5.10 Å². The zero-order chi connectivity index (χ0) is 23.4. The van der Waals surface area contributed by atoms with Crippen molar-refractivity contribution in [2.45, 2.75) is 13.8 Å². The molecule has 0 bridgehead atoms. The zero-order valence-electron chi connectivity index (χ0n) is 18.6. The van der Waals surface area contributed by atoms with Gasteiger partial charge in [0.2, 0.25) is 0 Å². The quantitative estimate of drug-likeness (QED) is 0.228. The normalized spacial score (nSPS) is 15.0. The first-order chi connectivity index (χ1) is 16.0. The molecular weight excluding hydrogens is 450 g/mol. The standard InChI is InChI=1S/C26H25N3O2S2/c1-4-14-31-22-12-10-19(11-13-22)24-20(17-29(27-24)21-8-6-5-7-9-21)15-23-25(30)28(16-18(2)3)26(32)33-23/h4-13,15,17-18H,1,14,16H2,2-3H3/b23-15-. The monoisotopic (exact) mass is 475 g/mol. The van der Waals surface area contributed by atoms with Crippen LogP contribution in [-0.2, 0) is 4.79 Å². The van der Waals surface area contributed by atoms with Gasteiger partial charge in [-0.1, -0.05) is 68.7 Å². The van der Waals surface area contributed by atoms with E-state index < -0.39 is 0 Å². The largest absolute Gasteiger partial charge is 0.490 e. The average molecular weight is 476 g/mol. The number of thiocarbonyl (C=S) groups is 1. The summed E-state index contributed by atoms with van der Waals surface area (Å²) in [6.07, 6.45) is 5.55. The van der Waals surface area contributed by atoms with Crippen LogP contribution in [0.15, 0.2) is 78.4 Å². The van der Waals surface area contributed by atoms with Gasteiger partial charge in [0.05, 0.1) is 16.3 Å². The van der Waals surface area contributed by atoms with E-state index in [-0.39, 0.29) is 5.91 Å². The number of carbonyl (C=O) groups excluding carboxylic acids is 1. The van der Waals surface area contributed by atoms with E-state index in [0.29, 0.717) is 28.3 Å². The number of ether oxygens (including phenoxy) is 1. The third-order valence-electron chi connectivity index (χ3n) is 4.97. The van der Waals surface area contributed by atoms with Crippen LogP contribution in [0.5, 0.6) is 5.75 Å². The van der Waals surface area contributed by atoms with Crippen LogP contribution >= 0.6 is 24.0 Å². The van der Waals surface area contributed by atoms with Gasteiger partial charge in [0.25, 0.3) is 5.91 Å². The lowest BCUT2D eigenvalue weighted by Gasteiger charge is -2.16. The van der Waals surface area contributed by atoms with Gasteiger partial charge in [0.1, 0.15) is 16.7 Å². The fourth-order valence-electron chi connectivity index (χ4n) is 3.46. The van der Waals surface area contributed by atoms with Crippen molar-refractivity contribution in [3.05, 3.63) is 83.9 Å². The highest BCUT2D eigenvalue weighted by Crippen LogP contribution is 2.35. The Morgan fingerprint density at radius 1 is 1.15 bits per heavy atom. The SMILES string of the molecule is C=CCOc1ccc(-c2nn(-c3ccccc3)cc2/C=C2\SC(=S)N(CC(C)C)C2=O)cc1. The Bertz CT molecular complexity index is 1200. The molecule has 0 saturated carbocycles. The second-order valence-corrected chi connectivity index (χ2v) is 9.70. The molecule has 3 aromatic rings. The Labute approximate surface area is 203 Å². The molecule has 2 aromatic carbocycles. The van der Waals surface area contributed by atoms with E-state index in [0.717, 1.165) is 28.3 Å². The number of carbonyl (C=O) groups is 1. The Hall–Kier alpha value is -3.16. The van der Waals surface area contributed by atoms with E-state index in [9.17, 15) is 4.79 Å². The third kappa shape index (κ3) is 5.26. The fourth-order valence-corrected chi connectivity index (χ4v) is 4.72. The molecule has 5 nitrogen and oxygen atoms in total. The van der Waals surface area contributed by atoms with Gasteiger partial charge >= 0.3 is 0 Å². The first-order valence-corrected chi connectivity index (χ1v) is 11.9. The molecule has 1 amide bonds. The molecule has 0 radical (unpaired) electrons. The van der Waals surface area contributed by atoms with E-state index >= 15 is 0 Å². The fraction of sp³-hybridized carbons (Fsp3) is 0.192. The third-order valence-corrected chi connectivity index (χ3v) is 6.34. The molecule has 1 aliphatic rings. The van der Waals surface area contributed by atoms with Crippen molar-refractivity contribution in [1.29, 1.82) is 0 Å². The molecular formula is C26H25N3O2S2. The molecule has 0 atom stereocenters. The Balaban J connectivity index is 1.73. The van der Waals surface area contributed by atoms with Gasteiger partial charge in [0.15, 0.2) is 0 Å². The summed E-state index contributed by atoms with van der Waals surface area (Å²) in [4.78, 5) is 15.3. The summed E-state index contributed by atoms with van der Waals surface area (Å²) in [5.74, 6) is 1.05. The molecule has 1 aromatic heterocycles. The summed E-state index contributed by atoms with van der Waals surface area (Å²) in [6.45, 7) is 8.90. The maximum atomic E-state index is 13.0. The summed E-state index contributed by atoms with van der Waals surface area (Å²) in [6, 6.07) is 17.7. The maximum absolute atomic E-state index is 13.0. The summed E-state index contributed by atoms with van der Waals surface area (Å²) in [7, 11) is 0.